The van der Waals surface area contributed by atoms with E-state index in [1.165, 1.54) is 6.92 Å². The number of allylic oxidation sites excluding steroid dienone is 1. The van der Waals surface area contributed by atoms with Gasteiger partial charge in [-0.3, -0.25) is 14.4 Å². The van der Waals surface area contributed by atoms with Crippen molar-refractivity contribution in [3.63, 3.8) is 0 Å². The van der Waals surface area contributed by atoms with Gasteiger partial charge in [0.05, 0.1) is 13.2 Å². The Morgan fingerprint density at radius 2 is 1.71 bits per heavy atom. The average Bonchev–Trinajstić information content (AvgIpc) is 2.64. The van der Waals surface area contributed by atoms with Crippen LogP contribution in [-0.2, 0) is 28.6 Å². The van der Waals surface area contributed by atoms with Crippen LogP contribution in [0, 0.1) is 29.6 Å². The number of ether oxygens (including phenoxy) is 3. The maximum absolute atomic E-state index is 12.5. The highest BCUT2D eigenvalue weighted by Gasteiger charge is 2.48. The standard InChI is InChI=1S/C22H30O6/c1-6-10-11-12-14-19(28-18(5)23)15-13-17-22(16-7-2,20(24)26-8-3)21(25)27-9-4/h2,6,19H,1,8-12,14,16-17H2,3-5H3. The maximum atomic E-state index is 12.5. The molecular formula is C22H30O6. The van der Waals surface area contributed by atoms with E-state index in [0.717, 1.165) is 19.3 Å². The SMILES string of the molecule is C#CCC(CC#CC(CCCCC=C)OC(C)=O)(C(=O)OCC)C(=O)OCC. The van der Waals surface area contributed by atoms with E-state index in [9.17, 15) is 14.4 Å². The van der Waals surface area contributed by atoms with Gasteiger partial charge in [0.25, 0.3) is 0 Å². The van der Waals surface area contributed by atoms with Crippen LogP contribution in [0.3, 0.4) is 0 Å². The van der Waals surface area contributed by atoms with Crippen LogP contribution in [0.2, 0.25) is 0 Å². The fraction of sp³-hybridized carbons (Fsp3) is 0.591. The molecule has 0 spiro atoms. The van der Waals surface area contributed by atoms with Crippen LogP contribution in [0.5, 0.6) is 0 Å². The number of unbranched alkanes of at least 4 members (excludes halogenated alkanes) is 2. The van der Waals surface area contributed by atoms with Gasteiger partial charge in [-0.1, -0.05) is 17.9 Å². The molecule has 0 heterocycles. The minimum Gasteiger partial charge on any atom is -0.465 e. The molecule has 0 N–H and O–H groups in total. The molecule has 1 unspecified atom stereocenters. The third-order valence-electron chi connectivity index (χ3n) is 3.82. The molecule has 28 heavy (non-hydrogen) atoms. The van der Waals surface area contributed by atoms with E-state index in [-0.39, 0.29) is 26.1 Å². The topological polar surface area (TPSA) is 78.9 Å². The molecular weight excluding hydrogens is 360 g/mol. The number of terminal acetylenes is 1. The number of esters is 3. The van der Waals surface area contributed by atoms with Gasteiger partial charge in [-0.25, -0.2) is 0 Å². The van der Waals surface area contributed by atoms with Crippen LogP contribution in [0.4, 0.5) is 0 Å². The van der Waals surface area contributed by atoms with E-state index in [0.29, 0.717) is 6.42 Å². The zero-order valence-electron chi connectivity index (χ0n) is 17.0. The van der Waals surface area contributed by atoms with Gasteiger partial charge in [-0.2, -0.15) is 0 Å². The molecule has 6 heteroatoms. The first-order valence-corrected chi connectivity index (χ1v) is 9.42. The van der Waals surface area contributed by atoms with E-state index in [2.05, 4.69) is 24.3 Å². The molecule has 6 nitrogen and oxygen atoms in total. The Morgan fingerprint density at radius 3 is 2.18 bits per heavy atom. The molecule has 0 rings (SSSR count). The van der Waals surface area contributed by atoms with Crippen molar-refractivity contribution in [1.29, 1.82) is 0 Å². The van der Waals surface area contributed by atoms with E-state index < -0.39 is 29.4 Å². The van der Waals surface area contributed by atoms with Crippen molar-refractivity contribution in [2.75, 3.05) is 13.2 Å². The summed E-state index contributed by atoms with van der Waals surface area (Å²) in [5, 5.41) is 0. The van der Waals surface area contributed by atoms with Gasteiger partial charge in [0.2, 0.25) is 0 Å². The fourth-order valence-electron chi connectivity index (χ4n) is 2.44. The molecule has 0 radical (unpaired) electrons. The quantitative estimate of drug-likeness (QED) is 0.127. The van der Waals surface area contributed by atoms with Crippen LogP contribution in [0.25, 0.3) is 0 Å². The van der Waals surface area contributed by atoms with Crippen molar-refractivity contribution in [2.24, 2.45) is 5.41 Å². The molecule has 0 amide bonds. The third-order valence-corrected chi connectivity index (χ3v) is 3.82. The summed E-state index contributed by atoms with van der Waals surface area (Å²) in [7, 11) is 0. The Morgan fingerprint density at radius 1 is 1.11 bits per heavy atom. The number of hydrogen-bond donors (Lipinski definition) is 0. The molecule has 0 aromatic heterocycles. The molecule has 0 aliphatic rings. The summed E-state index contributed by atoms with van der Waals surface area (Å²) >= 11 is 0. The fourth-order valence-corrected chi connectivity index (χ4v) is 2.44. The second-order valence-corrected chi connectivity index (χ2v) is 6.07. The summed E-state index contributed by atoms with van der Waals surface area (Å²) < 4.78 is 15.3. The van der Waals surface area contributed by atoms with Gasteiger partial charge in [0, 0.05) is 19.8 Å². The lowest BCUT2D eigenvalue weighted by Crippen LogP contribution is -2.41. The summed E-state index contributed by atoms with van der Waals surface area (Å²) in [6.07, 6.45) is 9.29. The largest absolute Gasteiger partial charge is 0.465 e. The zero-order valence-corrected chi connectivity index (χ0v) is 17.0. The van der Waals surface area contributed by atoms with Gasteiger partial charge in [0.1, 0.15) is 0 Å². The van der Waals surface area contributed by atoms with Crippen molar-refractivity contribution in [3.05, 3.63) is 12.7 Å². The third kappa shape index (κ3) is 8.77. The number of hydrogen-bond acceptors (Lipinski definition) is 6. The number of rotatable bonds is 12. The van der Waals surface area contributed by atoms with Crippen LogP contribution in [0.1, 0.15) is 59.3 Å². The lowest BCUT2D eigenvalue weighted by Gasteiger charge is -2.25. The van der Waals surface area contributed by atoms with Gasteiger partial charge >= 0.3 is 17.9 Å². The first kappa shape index (κ1) is 25.3. The summed E-state index contributed by atoms with van der Waals surface area (Å²) in [6.45, 7) is 8.43. The molecule has 0 fully saturated rings. The molecule has 0 saturated carbocycles. The predicted molar refractivity (Wildman–Crippen MR) is 106 cm³/mol. The van der Waals surface area contributed by atoms with Crippen molar-refractivity contribution in [3.8, 4) is 24.2 Å². The van der Waals surface area contributed by atoms with Gasteiger partial charge in [-0.05, 0) is 39.5 Å². The van der Waals surface area contributed by atoms with Gasteiger partial charge < -0.3 is 14.2 Å². The molecule has 0 aromatic rings. The monoisotopic (exact) mass is 390 g/mol. The normalized spacial score (nSPS) is 11.2. The highest BCUT2D eigenvalue weighted by atomic mass is 16.6. The van der Waals surface area contributed by atoms with Crippen molar-refractivity contribution < 1.29 is 28.6 Å². The second kappa shape index (κ2) is 14.3. The minimum absolute atomic E-state index is 0.0946. The lowest BCUT2D eigenvalue weighted by molar-refractivity contribution is -0.171. The van der Waals surface area contributed by atoms with Crippen LogP contribution in [-0.4, -0.2) is 37.2 Å². The highest BCUT2D eigenvalue weighted by Crippen LogP contribution is 2.30. The maximum Gasteiger partial charge on any atom is 0.325 e. The smallest absolute Gasteiger partial charge is 0.325 e. The van der Waals surface area contributed by atoms with Crippen LogP contribution >= 0.6 is 0 Å². The molecule has 0 aliphatic carbocycles. The van der Waals surface area contributed by atoms with E-state index >= 15 is 0 Å². The van der Waals surface area contributed by atoms with Crippen LogP contribution in [0.15, 0.2) is 12.7 Å². The van der Waals surface area contributed by atoms with Crippen molar-refractivity contribution in [2.45, 2.75) is 65.4 Å². The molecule has 0 bridgehead atoms. The summed E-state index contributed by atoms with van der Waals surface area (Å²) in [5.41, 5.74) is -1.70. The Labute approximate surface area is 168 Å². The number of carbonyl (C=O) groups is 3. The Hall–Kier alpha value is -2.73. The highest BCUT2D eigenvalue weighted by molar-refractivity contribution is 6.00. The summed E-state index contributed by atoms with van der Waals surface area (Å²) in [6, 6.07) is 0. The molecule has 0 aromatic carbocycles. The minimum atomic E-state index is -1.70. The molecule has 1 atom stereocenters. The Kier molecular flexibility index (Phi) is 12.9. The lowest BCUT2D eigenvalue weighted by atomic mass is 9.81. The predicted octanol–water partition coefficient (Wildman–Crippen LogP) is 3.19. The first-order chi connectivity index (χ1) is 13.4. The molecule has 0 aliphatic heterocycles. The second-order valence-electron chi connectivity index (χ2n) is 6.07. The Balaban J connectivity index is 5.51. The summed E-state index contributed by atoms with van der Waals surface area (Å²) in [4.78, 5) is 36.3. The van der Waals surface area contributed by atoms with Crippen LogP contribution < -0.4 is 0 Å². The first-order valence-electron chi connectivity index (χ1n) is 9.42. The van der Waals surface area contributed by atoms with E-state index in [1.54, 1.807) is 13.8 Å². The Bertz CT molecular complexity index is 614. The van der Waals surface area contributed by atoms with Crippen molar-refractivity contribution in [1.82, 2.24) is 0 Å². The summed E-state index contributed by atoms with van der Waals surface area (Å²) in [5.74, 6) is 5.98. The van der Waals surface area contributed by atoms with Gasteiger partial charge in [-0.15, -0.1) is 18.9 Å². The zero-order chi connectivity index (χ0) is 21.4. The average molecular weight is 390 g/mol. The van der Waals surface area contributed by atoms with E-state index in [4.69, 9.17) is 20.6 Å². The molecule has 0 saturated heterocycles. The van der Waals surface area contributed by atoms with Crippen molar-refractivity contribution >= 4 is 17.9 Å². The van der Waals surface area contributed by atoms with Gasteiger partial charge in [0.15, 0.2) is 11.5 Å². The molecule has 154 valence electrons. The van der Waals surface area contributed by atoms with E-state index in [1.807, 2.05) is 6.08 Å². The number of carbonyl (C=O) groups excluding carboxylic acids is 3.